The standard InChI is InChI=1S/C23H18FN5O3S/c24-16-5-6-18-19(14-16)33-23(26-18)28(12-11-27-10-2-9-25-27)22(32)15-3-1-4-17(13-15)29-20(30)7-8-21(29)31/h1-6,9-10,13-14H,7-8,11-12H2. The molecule has 0 spiro atoms. The van der Waals surface area contributed by atoms with Crippen LogP contribution in [0.1, 0.15) is 23.2 Å². The summed E-state index contributed by atoms with van der Waals surface area (Å²) in [5.41, 5.74) is 1.27. The number of aromatic nitrogens is 3. The molecule has 4 aromatic rings. The van der Waals surface area contributed by atoms with Crippen LogP contribution in [0, 0.1) is 5.82 Å². The van der Waals surface area contributed by atoms with E-state index in [1.165, 1.54) is 34.4 Å². The second-order valence-corrected chi connectivity index (χ2v) is 8.52. The number of rotatable bonds is 6. The number of anilines is 2. The largest absolute Gasteiger partial charge is 0.282 e. The van der Waals surface area contributed by atoms with Crippen molar-refractivity contribution in [3.8, 4) is 0 Å². The number of hydrogen-bond acceptors (Lipinski definition) is 6. The van der Waals surface area contributed by atoms with E-state index in [0.717, 1.165) is 4.90 Å². The van der Waals surface area contributed by atoms with Crippen LogP contribution in [0.5, 0.6) is 0 Å². The first-order valence-electron chi connectivity index (χ1n) is 10.3. The van der Waals surface area contributed by atoms with Gasteiger partial charge in [0.25, 0.3) is 5.91 Å². The molecule has 1 saturated heterocycles. The van der Waals surface area contributed by atoms with Crippen LogP contribution in [0.4, 0.5) is 15.2 Å². The molecule has 1 fully saturated rings. The number of nitrogens with zero attached hydrogens (tertiary/aromatic N) is 5. The molecule has 2 aromatic carbocycles. The zero-order valence-electron chi connectivity index (χ0n) is 17.3. The molecule has 0 saturated carbocycles. The van der Waals surface area contributed by atoms with Crippen molar-refractivity contribution in [2.24, 2.45) is 0 Å². The van der Waals surface area contributed by atoms with E-state index in [2.05, 4.69) is 10.1 Å². The minimum absolute atomic E-state index is 0.162. The lowest BCUT2D eigenvalue weighted by molar-refractivity contribution is -0.121. The van der Waals surface area contributed by atoms with E-state index in [1.807, 2.05) is 0 Å². The first-order chi connectivity index (χ1) is 16.0. The van der Waals surface area contributed by atoms with Gasteiger partial charge >= 0.3 is 0 Å². The summed E-state index contributed by atoms with van der Waals surface area (Å²) in [6.45, 7) is 0.695. The van der Waals surface area contributed by atoms with Crippen molar-refractivity contribution in [2.45, 2.75) is 19.4 Å². The molecule has 3 heterocycles. The van der Waals surface area contributed by atoms with Crippen LogP contribution >= 0.6 is 11.3 Å². The highest BCUT2D eigenvalue weighted by Gasteiger charge is 2.31. The number of carbonyl (C=O) groups excluding carboxylic acids is 3. The smallest absolute Gasteiger partial charge is 0.260 e. The molecular weight excluding hydrogens is 445 g/mol. The maximum atomic E-state index is 13.7. The van der Waals surface area contributed by atoms with Gasteiger partial charge in [-0.3, -0.25) is 28.9 Å². The normalized spacial score (nSPS) is 13.8. The highest BCUT2D eigenvalue weighted by molar-refractivity contribution is 7.22. The van der Waals surface area contributed by atoms with Gasteiger partial charge in [-0.2, -0.15) is 5.10 Å². The third kappa shape index (κ3) is 4.12. The molecule has 0 atom stereocenters. The number of carbonyl (C=O) groups is 3. The molecule has 5 rings (SSSR count). The molecule has 1 aliphatic rings. The molecule has 2 aromatic heterocycles. The lowest BCUT2D eigenvalue weighted by atomic mass is 10.1. The second kappa shape index (κ2) is 8.55. The Bertz CT molecular complexity index is 1350. The highest BCUT2D eigenvalue weighted by Crippen LogP contribution is 2.31. The lowest BCUT2D eigenvalue weighted by Gasteiger charge is -2.21. The molecule has 3 amide bonds. The van der Waals surface area contributed by atoms with Gasteiger partial charge in [0.1, 0.15) is 5.82 Å². The first-order valence-corrected chi connectivity index (χ1v) is 11.1. The number of amides is 3. The molecule has 166 valence electrons. The number of fused-ring (bicyclic) bond motifs is 1. The van der Waals surface area contributed by atoms with Gasteiger partial charge in [-0.25, -0.2) is 9.37 Å². The fourth-order valence-electron chi connectivity index (χ4n) is 3.72. The van der Waals surface area contributed by atoms with Crippen LogP contribution in [0.2, 0.25) is 0 Å². The van der Waals surface area contributed by atoms with E-state index < -0.39 is 0 Å². The maximum Gasteiger partial charge on any atom is 0.260 e. The van der Waals surface area contributed by atoms with Crippen molar-refractivity contribution >= 4 is 50.1 Å². The summed E-state index contributed by atoms with van der Waals surface area (Å²) in [4.78, 5) is 45.0. The number of halogens is 1. The summed E-state index contributed by atoms with van der Waals surface area (Å²) in [5, 5.41) is 4.60. The van der Waals surface area contributed by atoms with Crippen molar-refractivity contribution in [1.82, 2.24) is 14.8 Å². The molecule has 33 heavy (non-hydrogen) atoms. The summed E-state index contributed by atoms with van der Waals surface area (Å²) in [6, 6.07) is 12.5. The Morgan fingerprint density at radius 1 is 1.09 bits per heavy atom. The van der Waals surface area contributed by atoms with Gasteiger partial charge in [0.05, 0.1) is 22.4 Å². The van der Waals surface area contributed by atoms with Gasteiger partial charge in [-0.05, 0) is 42.5 Å². The molecule has 10 heteroatoms. The fourth-order valence-corrected chi connectivity index (χ4v) is 4.73. The molecule has 0 N–H and O–H groups in total. The van der Waals surface area contributed by atoms with Crippen LogP contribution in [-0.4, -0.2) is 39.0 Å². The van der Waals surface area contributed by atoms with Crippen molar-refractivity contribution in [2.75, 3.05) is 16.3 Å². The first kappa shape index (κ1) is 21.0. The van der Waals surface area contributed by atoms with Crippen molar-refractivity contribution in [3.05, 3.63) is 72.3 Å². The number of imide groups is 1. The summed E-state index contributed by atoms with van der Waals surface area (Å²) < 4.78 is 16.0. The average Bonchev–Trinajstić information content (AvgIpc) is 3.54. The van der Waals surface area contributed by atoms with Crippen LogP contribution in [0.3, 0.4) is 0 Å². The van der Waals surface area contributed by atoms with E-state index in [-0.39, 0.29) is 42.9 Å². The van der Waals surface area contributed by atoms with Crippen molar-refractivity contribution in [1.29, 1.82) is 0 Å². The predicted octanol–water partition coefficient (Wildman–Crippen LogP) is 3.63. The quantitative estimate of drug-likeness (QED) is 0.408. The van der Waals surface area contributed by atoms with Crippen LogP contribution < -0.4 is 9.80 Å². The summed E-state index contributed by atoms with van der Waals surface area (Å²) >= 11 is 1.22. The Kier molecular flexibility index (Phi) is 5.43. The van der Waals surface area contributed by atoms with E-state index in [1.54, 1.807) is 47.4 Å². The highest BCUT2D eigenvalue weighted by atomic mass is 32.1. The minimum Gasteiger partial charge on any atom is -0.282 e. The Morgan fingerprint density at radius 3 is 2.67 bits per heavy atom. The topological polar surface area (TPSA) is 88.4 Å². The summed E-state index contributed by atoms with van der Waals surface area (Å²) in [7, 11) is 0. The van der Waals surface area contributed by atoms with Gasteiger partial charge in [0, 0.05) is 37.3 Å². The van der Waals surface area contributed by atoms with Crippen LogP contribution in [-0.2, 0) is 16.1 Å². The van der Waals surface area contributed by atoms with Gasteiger partial charge in [-0.1, -0.05) is 17.4 Å². The molecule has 8 nitrogen and oxygen atoms in total. The summed E-state index contributed by atoms with van der Waals surface area (Å²) in [5.74, 6) is -1.29. The summed E-state index contributed by atoms with van der Waals surface area (Å²) in [6.07, 6.45) is 3.77. The molecule has 0 unspecified atom stereocenters. The van der Waals surface area contributed by atoms with Gasteiger partial charge in [0.2, 0.25) is 11.8 Å². The Balaban J connectivity index is 1.50. The Hall–Kier alpha value is -3.92. The number of thiazole rings is 1. The number of benzene rings is 2. The van der Waals surface area contributed by atoms with E-state index in [0.29, 0.717) is 33.1 Å². The van der Waals surface area contributed by atoms with E-state index >= 15 is 0 Å². The molecular formula is C23H18FN5O3S. The molecule has 0 aliphatic carbocycles. The van der Waals surface area contributed by atoms with E-state index in [4.69, 9.17) is 0 Å². The van der Waals surface area contributed by atoms with Gasteiger partial charge < -0.3 is 0 Å². The van der Waals surface area contributed by atoms with Gasteiger partial charge in [0.15, 0.2) is 5.13 Å². The number of hydrogen-bond donors (Lipinski definition) is 0. The minimum atomic E-state index is -0.375. The van der Waals surface area contributed by atoms with E-state index in [9.17, 15) is 18.8 Å². The Morgan fingerprint density at radius 2 is 1.91 bits per heavy atom. The molecule has 0 radical (unpaired) electrons. The fraction of sp³-hybridized carbons (Fsp3) is 0.174. The average molecular weight is 463 g/mol. The van der Waals surface area contributed by atoms with Crippen molar-refractivity contribution in [3.63, 3.8) is 0 Å². The second-order valence-electron chi connectivity index (χ2n) is 7.51. The lowest BCUT2D eigenvalue weighted by Crippen LogP contribution is -2.34. The zero-order chi connectivity index (χ0) is 22.9. The van der Waals surface area contributed by atoms with Gasteiger partial charge in [-0.15, -0.1) is 0 Å². The molecule has 0 bridgehead atoms. The predicted molar refractivity (Wildman–Crippen MR) is 122 cm³/mol. The maximum absolute atomic E-state index is 13.7. The zero-order valence-corrected chi connectivity index (χ0v) is 18.2. The SMILES string of the molecule is O=C(c1cccc(N2C(=O)CCC2=O)c1)N(CCn1cccn1)c1nc2ccc(F)cc2s1. The van der Waals surface area contributed by atoms with Crippen molar-refractivity contribution < 1.29 is 18.8 Å². The molecule has 1 aliphatic heterocycles. The monoisotopic (exact) mass is 463 g/mol. The van der Waals surface area contributed by atoms with Crippen LogP contribution in [0.25, 0.3) is 10.2 Å². The Labute approximate surface area is 191 Å². The van der Waals surface area contributed by atoms with Crippen LogP contribution in [0.15, 0.2) is 60.9 Å². The third-order valence-electron chi connectivity index (χ3n) is 5.33. The third-order valence-corrected chi connectivity index (χ3v) is 6.37.